The first kappa shape index (κ1) is 16.6. The molecule has 0 amide bonds. The Balaban J connectivity index is 2.09. The molecule has 0 radical (unpaired) electrons. The zero-order valence-corrected chi connectivity index (χ0v) is 14.6. The summed E-state index contributed by atoms with van der Waals surface area (Å²) in [6.07, 6.45) is 3.99. The Kier molecular flexibility index (Phi) is 4.62. The van der Waals surface area contributed by atoms with E-state index < -0.39 is 16.6 Å². The molecule has 0 fully saturated rings. The Labute approximate surface area is 143 Å². The van der Waals surface area contributed by atoms with Crippen molar-refractivity contribution in [2.24, 2.45) is 0 Å². The third kappa shape index (κ3) is 3.17. The predicted octanol–water partition coefficient (Wildman–Crippen LogP) is 4.77. The lowest BCUT2D eigenvalue weighted by Gasteiger charge is -2.12. The molecule has 0 saturated heterocycles. The molecule has 1 unspecified atom stereocenters. The molecule has 1 aromatic heterocycles. The van der Waals surface area contributed by atoms with E-state index >= 15 is 0 Å². The minimum absolute atomic E-state index is 0.151. The van der Waals surface area contributed by atoms with E-state index in [1.54, 1.807) is 18.3 Å². The predicted molar refractivity (Wildman–Crippen MR) is 94.7 cm³/mol. The van der Waals surface area contributed by atoms with Gasteiger partial charge in [-0.15, -0.1) is 0 Å². The number of ether oxygens (including phenoxy) is 1. The Bertz CT molecular complexity index is 940. The van der Waals surface area contributed by atoms with Crippen LogP contribution in [0.15, 0.2) is 47.5 Å². The van der Waals surface area contributed by atoms with Gasteiger partial charge in [-0.3, -0.25) is 9.19 Å². The topological polar surface area (TPSA) is 39.2 Å². The molecule has 2 aromatic carbocycles. The van der Waals surface area contributed by atoms with Crippen LogP contribution in [0, 0.1) is 12.7 Å². The van der Waals surface area contributed by atoms with Crippen LogP contribution >= 0.6 is 0 Å². The van der Waals surface area contributed by atoms with Crippen LogP contribution in [0.5, 0.6) is 11.5 Å². The van der Waals surface area contributed by atoms with Crippen molar-refractivity contribution in [1.29, 1.82) is 0 Å². The highest BCUT2D eigenvalue weighted by molar-refractivity contribution is 7.84. The number of rotatable bonds is 4. The number of aromatic nitrogens is 1. The zero-order valence-electron chi connectivity index (χ0n) is 13.8. The van der Waals surface area contributed by atoms with E-state index in [2.05, 4.69) is 18.0 Å². The second-order valence-corrected chi connectivity index (χ2v) is 6.97. The normalized spacial score (nSPS) is 12.3. The van der Waals surface area contributed by atoms with Gasteiger partial charge in [-0.05, 0) is 42.7 Å². The molecular weight excluding hydrogens is 325 g/mol. The molecule has 5 heteroatoms. The number of hydrogen-bond donors (Lipinski definition) is 0. The molecular formula is C19H18FNO2S. The molecule has 24 heavy (non-hydrogen) atoms. The van der Waals surface area contributed by atoms with Crippen LogP contribution in [0.3, 0.4) is 0 Å². The maximum atomic E-state index is 14.0. The highest BCUT2D eigenvalue weighted by atomic mass is 32.2. The van der Waals surface area contributed by atoms with Crippen molar-refractivity contribution < 1.29 is 13.3 Å². The van der Waals surface area contributed by atoms with Crippen LogP contribution in [-0.2, 0) is 17.2 Å². The van der Waals surface area contributed by atoms with Crippen molar-refractivity contribution >= 4 is 21.7 Å². The fourth-order valence-corrected chi connectivity index (χ4v) is 3.21. The first-order valence-corrected chi connectivity index (χ1v) is 9.24. The number of halogens is 1. The van der Waals surface area contributed by atoms with Gasteiger partial charge < -0.3 is 4.74 Å². The highest BCUT2D eigenvalue weighted by Gasteiger charge is 2.13. The summed E-state index contributed by atoms with van der Waals surface area (Å²) in [5, 5.41) is 0.642. The smallest absolute Gasteiger partial charge is 0.141 e. The molecule has 0 aliphatic rings. The highest BCUT2D eigenvalue weighted by Crippen LogP contribution is 2.32. The van der Waals surface area contributed by atoms with Crippen LogP contribution in [0.2, 0.25) is 0 Å². The van der Waals surface area contributed by atoms with Crippen molar-refractivity contribution in [3.8, 4) is 11.5 Å². The quantitative estimate of drug-likeness (QED) is 0.685. The van der Waals surface area contributed by atoms with Crippen molar-refractivity contribution in [2.75, 3.05) is 6.26 Å². The van der Waals surface area contributed by atoms with Crippen molar-refractivity contribution in [2.45, 2.75) is 25.2 Å². The summed E-state index contributed by atoms with van der Waals surface area (Å²) < 4.78 is 31.8. The molecule has 0 saturated carbocycles. The SMILES string of the molecule is CCc1ccc(Oc2ccnc3cc(F)c(S(C)=O)cc23)c(C)c1. The fourth-order valence-electron chi connectivity index (χ4n) is 2.60. The molecule has 1 heterocycles. The van der Waals surface area contributed by atoms with Gasteiger partial charge in [0.1, 0.15) is 17.3 Å². The molecule has 3 nitrogen and oxygen atoms in total. The van der Waals surface area contributed by atoms with Gasteiger partial charge in [0, 0.05) is 23.9 Å². The van der Waals surface area contributed by atoms with E-state index in [1.165, 1.54) is 17.9 Å². The number of fused-ring (bicyclic) bond motifs is 1. The Morgan fingerprint density at radius 2 is 1.96 bits per heavy atom. The first-order valence-electron chi connectivity index (χ1n) is 7.68. The molecule has 3 aromatic rings. The van der Waals surface area contributed by atoms with Crippen LogP contribution in [0.25, 0.3) is 10.9 Å². The number of hydrogen-bond acceptors (Lipinski definition) is 3. The lowest BCUT2D eigenvalue weighted by Crippen LogP contribution is -1.96. The summed E-state index contributed by atoms with van der Waals surface area (Å²) in [4.78, 5) is 4.33. The van der Waals surface area contributed by atoms with Gasteiger partial charge in [0.25, 0.3) is 0 Å². The van der Waals surface area contributed by atoms with Gasteiger partial charge in [-0.2, -0.15) is 0 Å². The molecule has 3 rings (SSSR count). The summed E-state index contributed by atoms with van der Waals surface area (Å²) in [7, 11) is -1.42. The van der Waals surface area contributed by atoms with Crippen LogP contribution in [0.4, 0.5) is 4.39 Å². The Morgan fingerprint density at radius 1 is 1.17 bits per heavy atom. The molecule has 0 aliphatic carbocycles. The van der Waals surface area contributed by atoms with Gasteiger partial charge in [0.05, 0.1) is 21.2 Å². The summed E-state index contributed by atoms with van der Waals surface area (Å²) >= 11 is 0. The third-order valence-electron chi connectivity index (χ3n) is 3.93. The number of benzene rings is 2. The molecule has 0 N–H and O–H groups in total. The lowest BCUT2D eigenvalue weighted by molar-refractivity contribution is 0.483. The summed E-state index contributed by atoms with van der Waals surface area (Å²) in [6.45, 7) is 4.09. The standard InChI is InChI=1S/C19H18FNO2S/c1-4-13-5-6-17(12(2)9-13)23-18-7-8-21-16-11-15(20)19(24(3)22)10-14(16)18/h5-11H,4H2,1-3H3. The van der Waals surface area contributed by atoms with E-state index in [0.717, 1.165) is 17.7 Å². The maximum absolute atomic E-state index is 14.0. The number of nitrogens with zero attached hydrogens (tertiary/aromatic N) is 1. The minimum atomic E-state index is -1.42. The third-order valence-corrected chi connectivity index (χ3v) is 4.86. The minimum Gasteiger partial charge on any atom is -0.456 e. The van der Waals surface area contributed by atoms with E-state index in [-0.39, 0.29) is 4.90 Å². The van der Waals surface area contributed by atoms with Crippen LogP contribution in [0.1, 0.15) is 18.1 Å². The second kappa shape index (κ2) is 6.69. The average Bonchev–Trinajstić information content (AvgIpc) is 2.55. The molecule has 124 valence electrons. The van der Waals surface area contributed by atoms with Crippen molar-refractivity contribution in [3.63, 3.8) is 0 Å². The van der Waals surface area contributed by atoms with E-state index in [0.29, 0.717) is 16.7 Å². The summed E-state index contributed by atoms with van der Waals surface area (Å²) in [6, 6.07) is 10.6. The monoisotopic (exact) mass is 343 g/mol. The summed E-state index contributed by atoms with van der Waals surface area (Å²) in [5.74, 6) is 0.790. The number of pyridine rings is 1. The van der Waals surface area contributed by atoms with E-state index in [9.17, 15) is 8.60 Å². The summed E-state index contributed by atoms with van der Waals surface area (Å²) in [5.41, 5.74) is 2.74. The average molecular weight is 343 g/mol. The van der Waals surface area contributed by atoms with Gasteiger partial charge in [-0.1, -0.05) is 19.1 Å². The number of aryl methyl sites for hydroxylation is 2. The van der Waals surface area contributed by atoms with Gasteiger partial charge >= 0.3 is 0 Å². The molecule has 1 atom stereocenters. The van der Waals surface area contributed by atoms with E-state index in [4.69, 9.17) is 4.74 Å². The van der Waals surface area contributed by atoms with E-state index in [1.807, 2.05) is 19.1 Å². The fraction of sp³-hybridized carbons (Fsp3) is 0.211. The Morgan fingerprint density at radius 3 is 2.62 bits per heavy atom. The van der Waals surface area contributed by atoms with Gasteiger partial charge in [-0.25, -0.2) is 4.39 Å². The van der Waals surface area contributed by atoms with Crippen LogP contribution < -0.4 is 4.74 Å². The van der Waals surface area contributed by atoms with Crippen molar-refractivity contribution in [1.82, 2.24) is 4.98 Å². The van der Waals surface area contributed by atoms with Gasteiger partial charge in [0.2, 0.25) is 0 Å². The van der Waals surface area contributed by atoms with Gasteiger partial charge in [0.15, 0.2) is 0 Å². The Hall–Kier alpha value is -2.27. The lowest BCUT2D eigenvalue weighted by atomic mass is 10.1. The zero-order chi connectivity index (χ0) is 17.3. The first-order chi connectivity index (χ1) is 11.5. The molecule has 0 spiro atoms. The van der Waals surface area contributed by atoms with Crippen LogP contribution in [-0.4, -0.2) is 15.4 Å². The maximum Gasteiger partial charge on any atom is 0.141 e. The van der Waals surface area contributed by atoms with Crippen molar-refractivity contribution in [3.05, 3.63) is 59.5 Å². The largest absolute Gasteiger partial charge is 0.456 e. The molecule has 0 aliphatic heterocycles. The second-order valence-electron chi connectivity index (χ2n) is 5.62. The molecule has 0 bridgehead atoms.